The zero-order chi connectivity index (χ0) is 26.2. The third kappa shape index (κ3) is 5.01. The van der Waals surface area contributed by atoms with Gasteiger partial charge in [0.25, 0.3) is 10.1 Å². The molecule has 9 fully saturated rings. The molecule has 4 saturated carbocycles. The average Bonchev–Trinajstić information content (AvgIpc) is 3.72. The van der Waals surface area contributed by atoms with Gasteiger partial charge < -0.3 is 14.2 Å². The number of carbonyl (C=O) groups is 1. The monoisotopic (exact) mass is 528 g/mol. The lowest BCUT2D eigenvalue weighted by Gasteiger charge is -2.14. The Morgan fingerprint density at radius 3 is 1.89 bits per heavy atom. The predicted molar refractivity (Wildman–Crippen MR) is 138 cm³/mol. The fourth-order valence-corrected chi connectivity index (χ4v) is 10.2. The first-order chi connectivity index (χ1) is 17.4. The molecule has 5 saturated heterocycles. The molecule has 0 spiro atoms. The molecule has 8 heteroatoms. The number of carbonyl (C=O) groups excluding carboxylic acids is 1. The van der Waals surface area contributed by atoms with Crippen LogP contribution in [0, 0.1) is 35.5 Å². The number of rotatable bonds is 0. The van der Waals surface area contributed by atoms with Crippen molar-refractivity contribution in [1.82, 2.24) is 0 Å². The Hall–Kier alpha value is -0.700. The summed E-state index contributed by atoms with van der Waals surface area (Å²) in [6, 6.07) is 0. The van der Waals surface area contributed by atoms with E-state index in [-0.39, 0.29) is 35.4 Å². The SMILES string of the molecule is C1OC2CC3CC1C2C3.CC.CC.CC.O=C1OC2CC3CC1C2O3.O=S1(=O)OC2CC3CC2C1C3. The highest BCUT2D eigenvalue weighted by Gasteiger charge is 2.59. The van der Waals surface area contributed by atoms with Crippen LogP contribution in [0.3, 0.4) is 0 Å². The lowest BCUT2D eigenvalue weighted by atomic mass is 9.90. The molecule has 0 amide bonds. The van der Waals surface area contributed by atoms with Crippen molar-refractivity contribution in [2.75, 3.05) is 6.61 Å². The Bertz CT molecular complexity index is 839. The van der Waals surface area contributed by atoms with Gasteiger partial charge in [-0.25, -0.2) is 0 Å². The van der Waals surface area contributed by atoms with E-state index < -0.39 is 10.1 Å². The van der Waals surface area contributed by atoms with Gasteiger partial charge in [0.15, 0.2) is 0 Å². The second-order valence-electron chi connectivity index (χ2n) is 11.0. The van der Waals surface area contributed by atoms with Crippen LogP contribution in [0.5, 0.6) is 0 Å². The van der Waals surface area contributed by atoms with E-state index in [9.17, 15) is 13.2 Å². The predicted octanol–water partition coefficient (Wildman–Crippen LogP) is 5.11. The van der Waals surface area contributed by atoms with Crippen molar-refractivity contribution in [3.63, 3.8) is 0 Å². The molecule has 36 heavy (non-hydrogen) atoms. The van der Waals surface area contributed by atoms with Crippen molar-refractivity contribution in [1.29, 1.82) is 0 Å². The molecule has 0 aromatic carbocycles. The Morgan fingerprint density at radius 2 is 1.39 bits per heavy atom. The van der Waals surface area contributed by atoms with Crippen LogP contribution in [0.1, 0.15) is 92.9 Å². The number of esters is 1. The van der Waals surface area contributed by atoms with Gasteiger partial charge in [0.1, 0.15) is 12.2 Å². The highest BCUT2D eigenvalue weighted by molar-refractivity contribution is 7.87. The third-order valence-electron chi connectivity index (χ3n) is 9.43. The lowest BCUT2D eigenvalue weighted by molar-refractivity contribution is -0.143. The minimum absolute atomic E-state index is 0.0324. The van der Waals surface area contributed by atoms with Gasteiger partial charge in [0.05, 0.1) is 36.1 Å². The molecule has 9 rings (SSSR count). The molecular formula is C28H48O7S. The van der Waals surface area contributed by atoms with Gasteiger partial charge in [-0.15, -0.1) is 0 Å². The Morgan fingerprint density at radius 1 is 0.722 bits per heavy atom. The number of ether oxygens (including phenoxy) is 3. The molecule has 6 bridgehead atoms. The first-order valence-electron chi connectivity index (χ1n) is 14.8. The summed E-state index contributed by atoms with van der Waals surface area (Å²) >= 11 is 0. The van der Waals surface area contributed by atoms with Gasteiger partial charge in [0.2, 0.25) is 0 Å². The van der Waals surface area contributed by atoms with Crippen LogP contribution in [0.2, 0.25) is 0 Å². The zero-order valence-electron chi connectivity index (χ0n) is 23.1. The number of hydrogen-bond acceptors (Lipinski definition) is 7. The first-order valence-corrected chi connectivity index (χ1v) is 16.3. The summed E-state index contributed by atoms with van der Waals surface area (Å²) in [6.45, 7) is 13.1. The molecule has 9 aliphatic rings. The number of fused-ring (bicyclic) bond motifs is 3. The molecule has 4 aliphatic carbocycles. The highest BCUT2D eigenvalue weighted by Crippen LogP contribution is 2.54. The Kier molecular flexibility index (Phi) is 9.11. The van der Waals surface area contributed by atoms with Crippen LogP contribution < -0.4 is 0 Å². The zero-order valence-corrected chi connectivity index (χ0v) is 23.9. The molecule has 5 aliphatic heterocycles. The van der Waals surface area contributed by atoms with Crippen LogP contribution in [0.15, 0.2) is 0 Å². The quantitative estimate of drug-likeness (QED) is 0.319. The summed E-state index contributed by atoms with van der Waals surface area (Å²) in [5, 5.41) is -0.133. The van der Waals surface area contributed by atoms with Crippen LogP contribution in [0.4, 0.5) is 0 Å². The molecule has 12 unspecified atom stereocenters. The summed E-state index contributed by atoms with van der Waals surface area (Å²) in [7, 11) is -3.13. The molecule has 12 atom stereocenters. The largest absolute Gasteiger partial charge is 0.459 e. The van der Waals surface area contributed by atoms with E-state index in [1.165, 1.54) is 19.3 Å². The van der Waals surface area contributed by atoms with E-state index in [2.05, 4.69) is 0 Å². The summed E-state index contributed by atoms with van der Waals surface area (Å²) in [6.07, 6.45) is 10.5. The molecule has 208 valence electrons. The summed E-state index contributed by atoms with van der Waals surface area (Å²) < 4.78 is 43.7. The van der Waals surface area contributed by atoms with Crippen molar-refractivity contribution in [3.05, 3.63) is 0 Å². The van der Waals surface area contributed by atoms with Crippen molar-refractivity contribution < 1.29 is 31.6 Å². The van der Waals surface area contributed by atoms with Crippen molar-refractivity contribution in [3.8, 4) is 0 Å². The summed E-state index contributed by atoms with van der Waals surface area (Å²) in [4.78, 5) is 11.0. The maximum atomic E-state index is 11.3. The molecule has 0 aromatic heterocycles. The van der Waals surface area contributed by atoms with Gasteiger partial charge in [-0.1, -0.05) is 41.5 Å². The second kappa shape index (κ2) is 11.6. The fraction of sp³-hybridized carbons (Fsp3) is 0.964. The van der Waals surface area contributed by atoms with Gasteiger partial charge in [-0.3, -0.25) is 8.98 Å². The normalized spacial score (nSPS) is 48.8. The van der Waals surface area contributed by atoms with Gasteiger partial charge in [-0.2, -0.15) is 8.42 Å². The van der Waals surface area contributed by atoms with Crippen LogP contribution in [-0.4, -0.2) is 56.8 Å². The van der Waals surface area contributed by atoms with E-state index in [4.69, 9.17) is 18.4 Å². The second-order valence-corrected chi connectivity index (χ2v) is 12.8. The van der Waals surface area contributed by atoms with E-state index in [0.717, 1.165) is 56.5 Å². The molecule has 7 nitrogen and oxygen atoms in total. The van der Waals surface area contributed by atoms with E-state index in [0.29, 0.717) is 24.0 Å². The van der Waals surface area contributed by atoms with E-state index >= 15 is 0 Å². The van der Waals surface area contributed by atoms with Gasteiger partial charge in [-0.05, 0) is 68.6 Å². The Balaban J connectivity index is 0.000000115. The molecule has 0 aromatic rings. The van der Waals surface area contributed by atoms with Crippen LogP contribution in [-0.2, 0) is 33.3 Å². The third-order valence-corrected chi connectivity index (χ3v) is 11.2. The minimum atomic E-state index is -3.13. The topological polar surface area (TPSA) is 88.1 Å². The van der Waals surface area contributed by atoms with Gasteiger partial charge in [0, 0.05) is 12.3 Å². The summed E-state index contributed by atoms with van der Waals surface area (Å²) in [5.41, 5.74) is 0. The summed E-state index contributed by atoms with van der Waals surface area (Å²) in [5.74, 6) is 4.09. The maximum absolute atomic E-state index is 11.3. The minimum Gasteiger partial charge on any atom is -0.459 e. The molecule has 0 N–H and O–H groups in total. The maximum Gasteiger partial charge on any atom is 0.312 e. The molecular weight excluding hydrogens is 480 g/mol. The fourth-order valence-electron chi connectivity index (χ4n) is 8.23. The standard InChI is InChI=1S/C8H12O.C7H10O3S.C7H8O3.3C2H6/c1-5-2-7-6(1)4-9-8(7)3-5;8-11(9)7-3-4-1-5(7)6(2-4)10-11;8-7-4-1-3-2-5(10-7)6(4)9-3;3*1-2/h5-8H,1-4H2;4-7H,1-3H2;3-6H,1-2H2;3*1-2H3. The van der Waals surface area contributed by atoms with Crippen LogP contribution in [0.25, 0.3) is 0 Å². The van der Waals surface area contributed by atoms with Crippen molar-refractivity contribution >= 4 is 16.1 Å². The van der Waals surface area contributed by atoms with Crippen molar-refractivity contribution in [2.24, 2.45) is 35.5 Å². The lowest BCUT2D eigenvalue weighted by Crippen LogP contribution is -2.22. The van der Waals surface area contributed by atoms with E-state index in [1.54, 1.807) is 0 Å². The van der Waals surface area contributed by atoms with Gasteiger partial charge >= 0.3 is 5.97 Å². The first kappa shape index (κ1) is 28.3. The average molecular weight is 529 g/mol. The molecule has 0 radical (unpaired) electrons. The van der Waals surface area contributed by atoms with Crippen molar-refractivity contribution in [2.45, 2.75) is 129 Å². The Labute approximate surface area is 218 Å². The van der Waals surface area contributed by atoms with Crippen LogP contribution >= 0.6 is 0 Å². The smallest absolute Gasteiger partial charge is 0.312 e. The molecule has 5 heterocycles. The highest BCUT2D eigenvalue weighted by atomic mass is 32.2. The van der Waals surface area contributed by atoms with E-state index in [1.807, 2.05) is 41.5 Å². The number of hydrogen-bond donors (Lipinski definition) is 0.